The fourth-order valence-electron chi connectivity index (χ4n) is 4.80. The first-order valence-electron chi connectivity index (χ1n) is 12.2. The predicted molar refractivity (Wildman–Crippen MR) is 145 cm³/mol. The molecule has 0 saturated heterocycles. The minimum Gasteiger partial charge on any atom is -0.481 e. The fraction of sp³-hybridized carbons (Fsp3) is 0.296. The average Bonchev–Trinajstić information content (AvgIpc) is 3.52. The molecule has 0 amide bonds. The highest BCUT2D eigenvalue weighted by Crippen LogP contribution is 2.34. The van der Waals surface area contributed by atoms with Crippen molar-refractivity contribution in [2.24, 2.45) is 16.5 Å². The van der Waals surface area contributed by atoms with Gasteiger partial charge in [-0.05, 0) is 49.4 Å². The number of benzene rings is 1. The van der Waals surface area contributed by atoms with Crippen LogP contribution < -0.4 is 21.5 Å². The molecule has 0 bridgehead atoms. The molecule has 5 N–H and O–H groups in total. The van der Waals surface area contributed by atoms with E-state index in [0.29, 0.717) is 16.5 Å². The number of amidine groups is 1. The lowest BCUT2D eigenvalue weighted by Gasteiger charge is -2.18. The van der Waals surface area contributed by atoms with E-state index < -0.39 is 5.82 Å². The Bertz CT molecular complexity index is 1490. The zero-order valence-electron chi connectivity index (χ0n) is 20.7. The van der Waals surface area contributed by atoms with Gasteiger partial charge in [-0.15, -0.1) is 0 Å². The molecule has 192 valence electrons. The highest BCUT2D eigenvalue weighted by atomic mass is 35.5. The van der Waals surface area contributed by atoms with E-state index >= 15 is 0 Å². The maximum Gasteiger partial charge on any atom is 0.213 e. The number of pyridine rings is 1. The first-order valence-corrected chi connectivity index (χ1v) is 12.6. The molecule has 8 nitrogen and oxygen atoms in total. The van der Waals surface area contributed by atoms with E-state index in [-0.39, 0.29) is 23.6 Å². The number of halogens is 2. The molecule has 2 atom stereocenters. The number of methoxy groups -OCH3 is 1. The number of ether oxygens (including phenoxy) is 1. The van der Waals surface area contributed by atoms with Gasteiger partial charge in [-0.3, -0.25) is 0 Å². The third-order valence-corrected chi connectivity index (χ3v) is 7.07. The highest BCUT2D eigenvalue weighted by molar-refractivity contribution is 6.33. The number of anilines is 1. The number of aryl methyl sites for hydroxylation is 1. The minimum absolute atomic E-state index is 0.149. The Labute approximate surface area is 219 Å². The van der Waals surface area contributed by atoms with Gasteiger partial charge in [-0.25, -0.2) is 18.9 Å². The van der Waals surface area contributed by atoms with Crippen LogP contribution in [0, 0.1) is 5.82 Å². The molecule has 1 fully saturated rings. The summed E-state index contributed by atoms with van der Waals surface area (Å²) in [7, 11) is 1.61. The van der Waals surface area contributed by atoms with Gasteiger partial charge in [0.2, 0.25) is 5.88 Å². The molecule has 1 aromatic carbocycles. The second kappa shape index (κ2) is 10.4. The monoisotopic (exact) mass is 521 g/mol. The van der Waals surface area contributed by atoms with Crippen molar-refractivity contribution in [2.45, 2.75) is 44.7 Å². The number of nitrogens with two attached hydrogens (primary N) is 2. The lowest BCUT2D eigenvalue weighted by Crippen LogP contribution is -2.24. The van der Waals surface area contributed by atoms with E-state index in [1.54, 1.807) is 13.3 Å². The van der Waals surface area contributed by atoms with Crippen molar-refractivity contribution in [3.05, 3.63) is 70.9 Å². The standard InChI is InChI=1S/C27H29ClFN7O/c1-3-15-9-25(37-2)32-12-20(15)16-8-24-26(34-19-6-5-18(30)11-19)21(13-33-36(24)14-16)27(31)35-23-10-17(29)4-7-22(23)28/h4,7-10,12-14,18-19,34H,3,5-6,11,30H2,1-2H3,(H2,31,35)/t18-,19+/m0/s1. The van der Waals surface area contributed by atoms with E-state index in [4.69, 9.17) is 27.8 Å². The van der Waals surface area contributed by atoms with Gasteiger partial charge in [0, 0.05) is 47.7 Å². The fourth-order valence-corrected chi connectivity index (χ4v) is 4.96. The van der Waals surface area contributed by atoms with Gasteiger partial charge >= 0.3 is 0 Å². The van der Waals surface area contributed by atoms with E-state index in [9.17, 15) is 4.39 Å². The summed E-state index contributed by atoms with van der Waals surface area (Å²) >= 11 is 6.24. The number of nitrogens with one attached hydrogen (secondary N) is 1. The molecule has 1 saturated carbocycles. The second-order valence-electron chi connectivity index (χ2n) is 9.24. The van der Waals surface area contributed by atoms with Crippen molar-refractivity contribution in [2.75, 3.05) is 12.4 Å². The summed E-state index contributed by atoms with van der Waals surface area (Å²) in [6, 6.07) is 8.32. The number of rotatable bonds is 7. The van der Waals surface area contributed by atoms with Crippen molar-refractivity contribution in [3.63, 3.8) is 0 Å². The zero-order valence-corrected chi connectivity index (χ0v) is 21.5. The van der Waals surface area contributed by atoms with Gasteiger partial charge in [0.15, 0.2) is 0 Å². The topological polar surface area (TPSA) is 116 Å². The maximum absolute atomic E-state index is 13.8. The first-order chi connectivity index (χ1) is 17.9. The average molecular weight is 522 g/mol. The molecule has 37 heavy (non-hydrogen) atoms. The van der Waals surface area contributed by atoms with Crippen LogP contribution in [0.25, 0.3) is 16.6 Å². The Balaban J connectivity index is 1.64. The lowest BCUT2D eigenvalue weighted by molar-refractivity contribution is 0.397. The molecule has 5 rings (SSSR count). The molecule has 1 aliphatic carbocycles. The highest BCUT2D eigenvalue weighted by Gasteiger charge is 2.25. The van der Waals surface area contributed by atoms with Crippen molar-refractivity contribution in [3.8, 4) is 17.0 Å². The van der Waals surface area contributed by atoms with Crippen LogP contribution in [0.2, 0.25) is 5.02 Å². The van der Waals surface area contributed by atoms with Crippen LogP contribution in [-0.2, 0) is 6.42 Å². The molecule has 1 aliphatic rings. The van der Waals surface area contributed by atoms with E-state index in [1.807, 2.05) is 23.0 Å². The predicted octanol–water partition coefficient (Wildman–Crippen LogP) is 5.09. The molecule has 0 radical (unpaired) electrons. The van der Waals surface area contributed by atoms with Crippen LogP contribution in [0.15, 0.2) is 53.9 Å². The summed E-state index contributed by atoms with van der Waals surface area (Å²) in [5.41, 5.74) is 18.2. The number of aliphatic imine (C=N–C) groups is 1. The molecular weight excluding hydrogens is 493 g/mol. The molecular formula is C27H29ClFN7O. The molecule has 3 heterocycles. The van der Waals surface area contributed by atoms with Gasteiger partial charge in [0.1, 0.15) is 11.7 Å². The van der Waals surface area contributed by atoms with Crippen molar-refractivity contribution >= 4 is 34.3 Å². The summed E-state index contributed by atoms with van der Waals surface area (Å²) in [4.78, 5) is 8.85. The van der Waals surface area contributed by atoms with E-state index in [1.165, 1.54) is 18.2 Å². The van der Waals surface area contributed by atoms with Crippen LogP contribution in [0.3, 0.4) is 0 Å². The Morgan fingerprint density at radius 1 is 1.27 bits per heavy atom. The van der Waals surface area contributed by atoms with Crippen LogP contribution >= 0.6 is 11.6 Å². The maximum atomic E-state index is 13.8. The van der Waals surface area contributed by atoms with Crippen LogP contribution in [0.4, 0.5) is 15.8 Å². The van der Waals surface area contributed by atoms with Gasteiger partial charge < -0.3 is 21.5 Å². The minimum atomic E-state index is -0.445. The van der Waals surface area contributed by atoms with Crippen molar-refractivity contribution in [1.29, 1.82) is 0 Å². The zero-order chi connectivity index (χ0) is 26.1. The summed E-state index contributed by atoms with van der Waals surface area (Å²) in [5.74, 6) is 0.305. The molecule has 0 spiro atoms. The smallest absolute Gasteiger partial charge is 0.213 e. The summed E-state index contributed by atoms with van der Waals surface area (Å²) < 4.78 is 21.0. The van der Waals surface area contributed by atoms with E-state index in [0.717, 1.165) is 53.6 Å². The third-order valence-electron chi connectivity index (χ3n) is 6.75. The van der Waals surface area contributed by atoms with Crippen LogP contribution in [0.1, 0.15) is 37.3 Å². The van der Waals surface area contributed by atoms with Gasteiger partial charge in [0.05, 0.1) is 40.8 Å². The Kier molecular flexibility index (Phi) is 6.99. The summed E-state index contributed by atoms with van der Waals surface area (Å²) in [6.45, 7) is 2.09. The summed E-state index contributed by atoms with van der Waals surface area (Å²) in [6.07, 6.45) is 8.99. The number of nitrogens with zero attached hydrogens (tertiary/aromatic N) is 4. The first kappa shape index (κ1) is 25.0. The van der Waals surface area contributed by atoms with Crippen molar-refractivity contribution in [1.82, 2.24) is 14.6 Å². The Morgan fingerprint density at radius 3 is 2.84 bits per heavy atom. The summed E-state index contributed by atoms with van der Waals surface area (Å²) in [5, 5.41) is 8.56. The van der Waals surface area contributed by atoms with E-state index in [2.05, 4.69) is 33.4 Å². The Hall–Kier alpha value is -3.69. The van der Waals surface area contributed by atoms with Gasteiger partial charge in [0.25, 0.3) is 0 Å². The van der Waals surface area contributed by atoms with Crippen LogP contribution in [0.5, 0.6) is 5.88 Å². The SMILES string of the molecule is CCc1cc(OC)ncc1-c1cc2c(N[C@@H]3CC[C@H](N)C3)c(/C(N)=N/c3cc(F)ccc3Cl)cnn2c1. The van der Waals surface area contributed by atoms with Gasteiger partial charge in [-0.1, -0.05) is 18.5 Å². The van der Waals surface area contributed by atoms with Crippen molar-refractivity contribution < 1.29 is 9.13 Å². The lowest BCUT2D eigenvalue weighted by atomic mass is 10.0. The number of hydrogen-bond acceptors (Lipinski definition) is 6. The largest absolute Gasteiger partial charge is 0.481 e. The van der Waals surface area contributed by atoms with Crippen LogP contribution in [-0.4, -0.2) is 39.6 Å². The number of aromatic nitrogens is 3. The molecule has 0 aliphatic heterocycles. The third kappa shape index (κ3) is 5.10. The molecule has 4 aromatic rings. The molecule has 0 unspecified atom stereocenters. The second-order valence-corrected chi connectivity index (χ2v) is 9.64. The van der Waals surface area contributed by atoms with Gasteiger partial charge in [-0.2, -0.15) is 5.10 Å². The quantitative estimate of drug-likeness (QED) is 0.230. The Morgan fingerprint density at radius 2 is 2.11 bits per heavy atom. The normalized spacial score (nSPS) is 17.9. The molecule has 3 aromatic heterocycles. The number of hydrogen-bond donors (Lipinski definition) is 3. The molecule has 10 heteroatoms. The number of fused-ring (bicyclic) bond motifs is 1.